The number of rotatable bonds is 0. The van der Waals surface area contributed by atoms with Crippen LogP contribution in [0.5, 0.6) is 0 Å². The average molecular weight is 286 g/mol. The molecule has 0 rings (SSSR count). The maximum atomic E-state index is 8.88. The van der Waals surface area contributed by atoms with Crippen molar-refractivity contribution >= 4 is 16.9 Å². The van der Waals surface area contributed by atoms with Crippen molar-refractivity contribution < 1.29 is 59.5 Å². The largest absolute Gasteiger partial charge is 4.00 e. The van der Waals surface area contributed by atoms with Gasteiger partial charge in [-0.2, -0.15) is 0 Å². The quantitative estimate of drug-likeness (QED) is 0.291. The molecule has 0 saturated carbocycles. The molecule has 0 aliphatic rings. The van der Waals surface area contributed by atoms with Crippen LogP contribution in [-0.4, -0.2) is 23.7 Å². The van der Waals surface area contributed by atoms with Crippen LogP contribution in [0.1, 0.15) is 0 Å². The van der Waals surface area contributed by atoms with Crippen molar-refractivity contribution in [3.8, 4) is 0 Å². The van der Waals surface area contributed by atoms with Crippen LogP contribution < -0.4 is 19.2 Å². The molecule has 0 saturated heterocycles. The van der Waals surface area contributed by atoms with Crippen LogP contribution in [0.15, 0.2) is 0 Å². The van der Waals surface area contributed by atoms with E-state index in [0.717, 1.165) is 0 Å². The molecule has 11 heteroatoms. The second-order valence-electron chi connectivity index (χ2n) is 1.01. The Kier molecular flexibility index (Phi) is 10.3. The minimum Gasteiger partial charge on any atom is -0.894 e. The molecule has 0 unspecified atom stereocenters. The van der Waals surface area contributed by atoms with E-state index in [1.807, 2.05) is 0 Å². The van der Waals surface area contributed by atoms with Crippen molar-refractivity contribution in [3.05, 3.63) is 0 Å². The Bertz CT molecular complexity index is 106. The van der Waals surface area contributed by atoms with Gasteiger partial charge < -0.3 is 42.9 Å². The van der Waals surface area contributed by atoms with E-state index in [2.05, 4.69) is 0 Å². The Hall–Kier alpha value is 0.855. The van der Waals surface area contributed by atoms with Gasteiger partial charge in [-0.15, -0.1) is 0 Å². The fourth-order valence-corrected chi connectivity index (χ4v) is 0. The minimum atomic E-state index is -5.61. The van der Waals surface area contributed by atoms with E-state index in [1.54, 1.807) is 0 Å². The molecular weight excluding hydrogens is 283 g/mol. The molecule has 0 radical (unpaired) electrons. The molecule has 3 N–H and O–H groups in total. The molecule has 0 aromatic heterocycles. The monoisotopic (exact) mass is 288 g/mol. The van der Waals surface area contributed by atoms with E-state index < -0.39 is 16.9 Å². The summed E-state index contributed by atoms with van der Waals surface area (Å²) in [4.78, 5) is 55.9. The first-order valence-corrected chi connectivity index (χ1v) is 4.80. The van der Waals surface area contributed by atoms with E-state index in [9.17, 15) is 0 Å². The third-order valence-electron chi connectivity index (χ3n) is 0. The van der Waals surface area contributed by atoms with E-state index in [1.165, 1.54) is 0 Å². The van der Waals surface area contributed by atoms with Crippen LogP contribution in [0.4, 0.5) is 0 Å². The Balaban J connectivity index is -0.000000107. The molecule has 0 amide bonds. The van der Waals surface area contributed by atoms with Crippen molar-refractivity contribution in [2.75, 3.05) is 0 Å². The molecule has 11 heavy (non-hydrogen) atoms. The molecule has 0 fully saturated rings. The third-order valence-corrected chi connectivity index (χ3v) is 0. The Morgan fingerprint density at radius 3 is 1.00 bits per heavy atom. The van der Waals surface area contributed by atoms with E-state index >= 15 is 0 Å². The van der Waals surface area contributed by atoms with Gasteiger partial charge >= 0.3 is 28.9 Å². The van der Waals surface area contributed by atoms with Crippen LogP contribution in [0.3, 0.4) is 0 Å². The normalized spacial score (nSPS) is 10.8. The van der Waals surface area contributed by atoms with Crippen LogP contribution in [0.25, 0.3) is 0 Å². The summed E-state index contributed by atoms with van der Waals surface area (Å²) in [5.74, 6) is 0. The van der Waals surface area contributed by atoms with Gasteiger partial charge in [-0.25, -0.2) is 4.57 Å². The first-order valence-electron chi connectivity index (χ1n) is 1.60. The van der Waals surface area contributed by atoms with Gasteiger partial charge in [-0.3, -0.25) is 0 Å². The average Bonchev–Trinajstić information content (AvgIpc) is 1.12. The van der Waals surface area contributed by atoms with E-state index in [4.69, 9.17) is 38.4 Å². The van der Waals surface area contributed by atoms with E-state index in [-0.39, 0.29) is 21.1 Å². The summed E-state index contributed by atoms with van der Waals surface area (Å²) < 4.78 is 8.88. The predicted molar refractivity (Wildman–Crippen MR) is 20.0 cm³/mol. The molecule has 0 atom stereocenters. The van der Waals surface area contributed by atoms with Crippen LogP contribution in [0, 0.1) is 0 Å². The second kappa shape index (κ2) is 6.38. The predicted octanol–water partition coefficient (Wildman–Crippen LogP) is -6.07. The summed E-state index contributed by atoms with van der Waals surface area (Å²) in [6.07, 6.45) is 0. The first-order chi connectivity index (χ1) is 4.00. The molecule has 0 aromatic rings. The second-order valence-corrected chi connectivity index (χ2v) is 3.04. The molecule has 0 aromatic carbocycles. The van der Waals surface area contributed by atoms with Crippen molar-refractivity contribution in [2.24, 2.45) is 0 Å². The van der Waals surface area contributed by atoms with Crippen molar-refractivity contribution in [1.82, 2.24) is 0 Å². The Labute approximate surface area is 76.8 Å². The molecule has 8 nitrogen and oxygen atoms in total. The van der Waals surface area contributed by atoms with Gasteiger partial charge in [-0.1, -0.05) is 0 Å². The fraction of sp³-hybridized carbons (Fsp3) is 0. The smallest absolute Gasteiger partial charge is 0.894 e. The molecule has 0 aliphatic heterocycles. The van der Waals surface area contributed by atoms with Crippen LogP contribution in [0.2, 0.25) is 0 Å². The van der Waals surface area contributed by atoms with Gasteiger partial charge in [-0.05, 0) is 0 Å². The summed E-state index contributed by atoms with van der Waals surface area (Å²) in [5, 5.41) is 0. The minimum absolute atomic E-state index is 0. The molecular formula is H3MoO8PSi. The number of phosphoric acid groups is 1. The van der Waals surface area contributed by atoms with Crippen molar-refractivity contribution in [1.29, 1.82) is 0 Å². The number of hydrogen-bond acceptors (Lipinski definition) is 5. The van der Waals surface area contributed by atoms with Crippen LogP contribution in [-0.2, 0) is 25.6 Å². The summed E-state index contributed by atoms with van der Waals surface area (Å²) in [6.45, 7) is 0. The summed E-state index contributed by atoms with van der Waals surface area (Å²) in [6, 6.07) is 0. The molecule has 0 bridgehead atoms. The first kappa shape index (κ1) is 17.8. The maximum Gasteiger partial charge on any atom is 4.00 e. The van der Waals surface area contributed by atoms with Gasteiger partial charge in [0.2, 0.25) is 0 Å². The van der Waals surface area contributed by atoms with Gasteiger partial charge in [0.25, 0.3) is 0 Å². The zero-order chi connectivity index (χ0) is 9.00. The summed E-state index contributed by atoms with van der Waals surface area (Å²) >= 11 is 0. The van der Waals surface area contributed by atoms with Gasteiger partial charge in [0.05, 0.1) is 0 Å². The molecule has 0 heterocycles. The SMILES string of the molecule is O=P(O)(O)O.[Mo+4].[O-][Si]([O-])([O-])[O-]. The Morgan fingerprint density at radius 2 is 1.00 bits per heavy atom. The fourth-order valence-electron chi connectivity index (χ4n) is 0. The summed E-state index contributed by atoms with van der Waals surface area (Å²) in [7, 11) is -10.2. The Morgan fingerprint density at radius 1 is 1.00 bits per heavy atom. The van der Waals surface area contributed by atoms with Crippen molar-refractivity contribution in [3.63, 3.8) is 0 Å². The molecule has 0 aliphatic carbocycles. The summed E-state index contributed by atoms with van der Waals surface area (Å²) in [5.41, 5.74) is 0. The molecule has 0 spiro atoms. The zero-order valence-corrected chi connectivity index (χ0v) is 8.64. The van der Waals surface area contributed by atoms with Gasteiger partial charge in [0.15, 0.2) is 0 Å². The topological polar surface area (TPSA) is 170 Å². The van der Waals surface area contributed by atoms with Gasteiger partial charge in [0.1, 0.15) is 0 Å². The number of hydrogen-bond donors (Lipinski definition) is 3. The standard InChI is InChI=1S/Mo.H3O4P.O4Si/c;2*1-5(2,3)4/h;(H3,1,2,3,4);/q+4;;-4. The van der Waals surface area contributed by atoms with Crippen molar-refractivity contribution in [2.45, 2.75) is 0 Å². The van der Waals surface area contributed by atoms with E-state index in [0.29, 0.717) is 0 Å². The zero-order valence-electron chi connectivity index (χ0n) is 4.74. The van der Waals surface area contributed by atoms with Crippen LogP contribution >= 0.6 is 7.82 Å². The third kappa shape index (κ3) is 1160. The van der Waals surface area contributed by atoms with Gasteiger partial charge in [0, 0.05) is 0 Å². The molecule has 66 valence electrons. The maximum absolute atomic E-state index is 8.88.